The number of carbonyl (C=O) groups is 2. The summed E-state index contributed by atoms with van der Waals surface area (Å²) in [6.07, 6.45) is 0.744. The van der Waals surface area contributed by atoms with E-state index in [2.05, 4.69) is 5.32 Å². The third-order valence-corrected chi connectivity index (χ3v) is 5.12. The highest BCUT2D eigenvalue weighted by Crippen LogP contribution is 2.33. The van der Waals surface area contributed by atoms with Crippen molar-refractivity contribution in [1.82, 2.24) is 5.32 Å². The molecule has 2 aromatic rings. The first kappa shape index (κ1) is 19.3. The zero-order chi connectivity index (χ0) is 19.4. The van der Waals surface area contributed by atoms with Crippen molar-refractivity contribution in [2.45, 2.75) is 38.5 Å². The Kier molecular flexibility index (Phi) is 5.73. The number of esters is 1. The molecule has 2 atom stereocenters. The summed E-state index contributed by atoms with van der Waals surface area (Å²) >= 11 is 0. The molecule has 0 radical (unpaired) electrons. The van der Waals surface area contributed by atoms with Gasteiger partial charge in [-0.2, -0.15) is 0 Å². The molecule has 5 heteroatoms. The first-order valence-corrected chi connectivity index (χ1v) is 9.31. The quantitative estimate of drug-likeness (QED) is 0.606. The molecule has 3 N–H and O–H groups in total. The van der Waals surface area contributed by atoms with E-state index in [0.717, 1.165) is 17.5 Å². The summed E-state index contributed by atoms with van der Waals surface area (Å²) < 4.78 is 5.60. The number of hydrogen-bond acceptors (Lipinski definition) is 5. The molecule has 0 aliphatic carbocycles. The first-order valence-electron chi connectivity index (χ1n) is 9.31. The molecule has 0 fully saturated rings. The van der Waals surface area contributed by atoms with E-state index in [1.165, 1.54) is 0 Å². The molecule has 0 aromatic heterocycles. The van der Waals surface area contributed by atoms with E-state index in [0.29, 0.717) is 12.1 Å². The second kappa shape index (κ2) is 8.03. The molecule has 1 heterocycles. The fourth-order valence-electron chi connectivity index (χ4n) is 3.47. The van der Waals surface area contributed by atoms with Crippen LogP contribution in [0.1, 0.15) is 30.5 Å². The van der Waals surface area contributed by atoms with Crippen LogP contribution in [0.2, 0.25) is 0 Å². The van der Waals surface area contributed by atoms with Crippen molar-refractivity contribution in [3.63, 3.8) is 0 Å². The van der Waals surface area contributed by atoms with Gasteiger partial charge in [-0.1, -0.05) is 68.4 Å². The van der Waals surface area contributed by atoms with Gasteiger partial charge in [-0.25, -0.2) is 4.79 Å². The molecule has 0 spiro atoms. The van der Waals surface area contributed by atoms with E-state index in [-0.39, 0.29) is 18.3 Å². The third kappa shape index (κ3) is 3.66. The monoisotopic (exact) mass is 366 g/mol. The Morgan fingerprint density at radius 2 is 1.78 bits per heavy atom. The number of Topliss-reactive ketones (excluding diaryl/α,β-unsaturated/α-hetero) is 1. The van der Waals surface area contributed by atoms with Gasteiger partial charge in [-0.15, -0.1) is 0 Å². The number of benzene rings is 2. The van der Waals surface area contributed by atoms with Crippen LogP contribution in [-0.2, 0) is 32.9 Å². The van der Waals surface area contributed by atoms with E-state index in [1.807, 2.05) is 68.4 Å². The van der Waals surface area contributed by atoms with Crippen molar-refractivity contribution in [2.24, 2.45) is 11.7 Å². The highest BCUT2D eigenvalue weighted by atomic mass is 16.5. The summed E-state index contributed by atoms with van der Waals surface area (Å²) in [4.78, 5) is 26.7. The molecular weight excluding hydrogens is 340 g/mol. The van der Waals surface area contributed by atoms with Gasteiger partial charge >= 0.3 is 5.97 Å². The SMILES string of the molecule is CC(C)[C@H](N)C(=O)C1(C(=O)OCc2ccccc2)NCCc2ccccc21. The van der Waals surface area contributed by atoms with Gasteiger partial charge in [0, 0.05) is 6.54 Å². The average molecular weight is 366 g/mol. The average Bonchev–Trinajstić information content (AvgIpc) is 2.71. The largest absolute Gasteiger partial charge is 0.459 e. The molecule has 0 bridgehead atoms. The Labute approximate surface area is 159 Å². The molecule has 1 aliphatic heterocycles. The molecule has 5 nitrogen and oxygen atoms in total. The summed E-state index contributed by atoms with van der Waals surface area (Å²) in [5.41, 5.74) is 7.10. The number of ether oxygens (including phenoxy) is 1. The van der Waals surface area contributed by atoms with Crippen LogP contribution in [0.4, 0.5) is 0 Å². The minimum Gasteiger partial charge on any atom is -0.459 e. The fourth-order valence-corrected chi connectivity index (χ4v) is 3.47. The molecule has 1 aliphatic rings. The smallest absolute Gasteiger partial charge is 0.339 e. The topological polar surface area (TPSA) is 81.4 Å². The van der Waals surface area contributed by atoms with Crippen molar-refractivity contribution in [2.75, 3.05) is 6.54 Å². The van der Waals surface area contributed by atoms with Gasteiger partial charge in [0.25, 0.3) is 0 Å². The van der Waals surface area contributed by atoms with Crippen molar-refractivity contribution < 1.29 is 14.3 Å². The maximum atomic E-state index is 13.4. The summed E-state index contributed by atoms with van der Waals surface area (Å²) in [6.45, 7) is 4.37. The Morgan fingerprint density at radius 3 is 2.48 bits per heavy atom. The highest BCUT2D eigenvalue weighted by Gasteiger charge is 2.53. The predicted octanol–water partition coefficient (Wildman–Crippen LogP) is 2.32. The molecule has 142 valence electrons. The number of carbonyl (C=O) groups excluding carboxylic acids is 2. The van der Waals surface area contributed by atoms with E-state index in [1.54, 1.807) is 0 Å². The molecule has 0 saturated carbocycles. The minimum atomic E-state index is -1.56. The van der Waals surface area contributed by atoms with Gasteiger partial charge in [-0.3, -0.25) is 10.1 Å². The van der Waals surface area contributed by atoms with Crippen molar-refractivity contribution in [3.8, 4) is 0 Å². The van der Waals surface area contributed by atoms with Crippen molar-refractivity contribution >= 4 is 11.8 Å². The zero-order valence-corrected chi connectivity index (χ0v) is 15.8. The van der Waals surface area contributed by atoms with Crippen LogP contribution >= 0.6 is 0 Å². The van der Waals surface area contributed by atoms with Gasteiger partial charge in [0.1, 0.15) is 6.61 Å². The van der Waals surface area contributed by atoms with Gasteiger partial charge in [-0.05, 0) is 29.0 Å². The van der Waals surface area contributed by atoms with Gasteiger partial charge < -0.3 is 10.5 Å². The van der Waals surface area contributed by atoms with Gasteiger partial charge in [0.2, 0.25) is 5.54 Å². The maximum absolute atomic E-state index is 13.4. The summed E-state index contributed by atoms with van der Waals surface area (Å²) in [6, 6.07) is 16.2. The molecule has 0 amide bonds. The number of ketones is 1. The number of fused-ring (bicyclic) bond motifs is 1. The number of hydrogen-bond donors (Lipinski definition) is 2. The molecule has 0 saturated heterocycles. The highest BCUT2D eigenvalue weighted by molar-refractivity contribution is 6.12. The first-order chi connectivity index (χ1) is 13.0. The number of nitrogens with two attached hydrogens (primary N) is 1. The molecular formula is C22H26N2O3. The Hall–Kier alpha value is -2.50. The standard InChI is InChI=1S/C22H26N2O3/c1-15(2)19(23)20(25)22(18-11-7-6-10-17(18)12-13-24-22)21(26)27-14-16-8-4-3-5-9-16/h3-11,15,19,24H,12-14,23H2,1-2H3/t19-,22?/m0/s1. The van der Waals surface area contributed by atoms with Crippen LogP contribution in [0, 0.1) is 5.92 Å². The van der Waals surface area contributed by atoms with Gasteiger partial charge in [0.15, 0.2) is 5.78 Å². The van der Waals surface area contributed by atoms with Crippen LogP contribution in [0.5, 0.6) is 0 Å². The normalized spacial score (nSPS) is 20.0. The van der Waals surface area contributed by atoms with Crippen molar-refractivity contribution in [3.05, 3.63) is 71.3 Å². The van der Waals surface area contributed by atoms with Crippen LogP contribution in [0.3, 0.4) is 0 Å². The molecule has 1 unspecified atom stereocenters. The maximum Gasteiger partial charge on any atom is 0.339 e. The fraction of sp³-hybridized carbons (Fsp3) is 0.364. The predicted molar refractivity (Wildman–Crippen MR) is 104 cm³/mol. The third-order valence-electron chi connectivity index (χ3n) is 5.12. The van der Waals surface area contributed by atoms with E-state index in [9.17, 15) is 9.59 Å². The Morgan fingerprint density at radius 1 is 1.11 bits per heavy atom. The van der Waals surface area contributed by atoms with Crippen LogP contribution < -0.4 is 11.1 Å². The second-order valence-electron chi connectivity index (χ2n) is 7.28. The number of nitrogens with one attached hydrogen (secondary N) is 1. The second-order valence-corrected chi connectivity index (χ2v) is 7.28. The van der Waals surface area contributed by atoms with Crippen LogP contribution in [0.15, 0.2) is 54.6 Å². The lowest BCUT2D eigenvalue weighted by atomic mass is 9.75. The summed E-state index contributed by atoms with van der Waals surface area (Å²) in [5.74, 6) is -1.03. The van der Waals surface area contributed by atoms with Crippen LogP contribution in [-0.4, -0.2) is 24.3 Å². The summed E-state index contributed by atoms with van der Waals surface area (Å²) in [5, 5.41) is 3.16. The molecule has 27 heavy (non-hydrogen) atoms. The van der Waals surface area contributed by atoms with Crippen molar-refractivity contribution in [1.29, 1.82) is 0 Å². The lowest BCUT2D eigenvalue weighted by Gasteiger charge is -2.38. The van der Waals surface area contributed by atoms with E-state index < -0.39 is 17.6 Å². The molecule has 3 rings (SSSR count). The zero-order valence-electron chi connectivity index (χ0n) is 15.8. The summed E-state index contributed by atoms with van der Waals surface area (Å²) in [7, 11) is 0. The van der Waals surface area contributed by atoms with Crippen LogP contribution in [0.25, 0.3) is 0 Å². The van der Waals surface area contributed by atoms with E-state index in [4.69, 9.17) is 10.5 Å². The lowest BCUT2D eigenvalue weighted by Crippen LogP contribution is -2.63. The molecule has 2 aromatic carbocycles. The van der Waals surface area contributed by atoms with Gasteiger partial charge in [0.05, 0.1) is 6.04 Å². The lowest BCUT2D eigenvalue weighted by molar-refractivity contribution is -0.158. The Bertz CT molecular complexity index is 819. The van der Waals surface area contributed by atoms with E-state index >= 15 is 0 Å². The number of rotatable bonds is 6. The minimum absolute atomic E-state index is 0.0906. The Balaban J connectivity index is 1.98.